The lowest BCUT2D eigenvalue weighted by molar-refractivity contribution is -0.117. The van der Waals surface area contributed by atoms with Crippen LogP contribution in [-0.2, 0) is 4.79 Å². The first-order chi connectivity index (χ1) is 16.9. The second-order valence-electron chi connectivity index (χ2n) is 8.53. The third-order valence-electron chi connectivity index (χ3n) is 6.09. The zero-order valence-corrected chi connectivity index (χ0v) is 20.9. The van der Waals surface area contributed by atoms with Gasteiger partial charge in [-0.3, -0.25) is 9.59 Å². The number of nitrogens with zero attached hydrogens (tertiary/aromatic N) is 1. The van der Waals surface area contributed by atoms with Crippen LogP contribution in [0, 0.1) is 12.8 Å². The first-order valence-electron chi connectivity index (χ1n) is 11.4. The molecule has 1 saturated carbocycles. The maximum atomic E-state index is 12.8. The Bertz CT molecular complexity index is 1400. The van der Waals surface area contributed by atoms with Gasteiger partial charge < -0.3 is 15.4 Å². The zero-order valence-electron chi connectivity index (χ0n) is 19.3. The summed E-state index contributed by atoms with van der Waals surface area (Å²) >= 11 is 7.59. The van der Waals surface area contributed by atoms with Crippen molar-refractivity contribution >= 4 is 55.8 Å². The number of ether oxygens (including phenoxy) is 1. The minimum absolute atomic E-state index is 0.0323. The second kappa shape index (κ2) is 9.68. The van der Waals surface area contributed by atoms with Crippen LogP contribution in [0.5, 0.6) is 5.75 Å². The van der Waals surface area contributed by atoms with Crippen molar-refractivity contribution in [2.45, 2.75) is 26.2 Å². The molecule has 1 fully saturated rings. The zero-order chi connectivity index (χ0) is 24.5. The Kier molecular flexibility index (Phi) is 6.45. The number of hydrogen-bond donors (Lipinski definition) is 2. The van der Waals surface area contributed by atoms with Crippen LogP contribution in [0.2, 0.25) is 5.02 Å². The molecule has 8 heteroatoms. The van der Waals surface area contributed by atoms with E-state index in [1.54, 1.807) is 24.3 Å². The van der Waals surface area contributed by atoms with Crippen LogP contribution >= 0.6 is 22.9 Å². The third kappa shape index (κ3) is 5.01. The maximum absolute atomic E-state index is 12.8. The molecule has 2 atom stereocenters. The lowest BCUT2D eigenvalue weighted by atomic mass is 10.1. The summed E-state index contributed by atoms with van der Waals surface area (Å²) in [6.07, 6.45) is 0.816. The van der Waals surface area contributed by atoms with E-state index < -0.39 is 0 Å². The molecule has 0 spiro atoms. The highest BCUT2D eigenvalue weighted by molar-refractivity contribution is 7.22. The summed E-state index contributed by atoms with van der Waals surface area (Å²) in [6, 6.07) is 18.7. The summed E-state index contributed by atoms with van der Waals surface area (Å²) in [4.78, 5) is 30.1. The molecule has 1 aliphatic carbocycles. The van der Waals surface area contributed by atoms with Crippen LogP contribution in [0.1, 0.15) is 40.7 Å². The Balaban J connectivity index is 1.25. The minimum atomic E-state index is -0.252. The van der Waals surface area contributed by atoms with Gasteiger partial charge in [-0.05, 0) is 73.7 Å². The monoisotopic (exact) mass is 505 g/mol. The fourth-order valence-corrected chi connectivity index (χ4v) is 5.30. The second-order valence-corrected chi connectivity index (χ2v) is 9.97. The largest absolute Gasteiger partial charge is 0.494 e. The molecule has 0 aliphatic heterocycles. The van der Waals surface area contributed by atoms with Gasteiger partial charge in [0.2, 0.25) is 5.91 Å². The van der Waals surface area contributed by atoms with E-state index in [1.807, 2.05) is 50.2 Å². The Labute approximate surface area is 212 Å². The predicted octanol–water partition coefficient (Wildman–Crippen LogP) is 6.65. The fourth-order valence-electron chi connectivity index (χ4n) is 4.12. The highest BCUT2D eigenvalue weighted by Gasteiger charge is 2.44. The molecule has 1 aromatic heterocycles. The van der Waals surface area contributed by atoms with Crippen LogP contribution in [-0.4, -0.2) is 23.4 Å². The number of aromatic nitrogens is 1. The Hall–Kier alpha value is -3.42. The topological polar surface area (TPSA) is 80.3 Å². The lowest BCUT2D eigenvalue weighted by Crippen LogP contribution is -2.14. The number of amides is 2. The van der Waals surface area contributed by atoms with Gasteiger partial charge in [0.25, 0.3) is 5.91 Å². The molecule has 4 aromatic rings. The number of thiazole rings is 1. The number of benzene rings is 3. The van der Waals surface area contributed by atoms with Crippen LogP contribution < -0.4 is 15.4 Å². The molecule has 0 saturated heterocycles. The smallest absolute Gasteiger partial charge is 0.255 e. The highest BCUT2D eigenvalue weighted by Crippen LogP contribution is 2.48. The predicted molar refractivity (Wildman–Crippen MR) is 141 cm³/mol. The highest BCUT2D eigenvalue weighted by atomic mass is 35.5. The summed E-state index contributed by atoms with van der Waals surface area (Å²) in [7, 11) is 0. The average molecular weight is 506 g/mol. The van der Waals surface area contributed by atoms with E-state index in [0.717, 1.165) is 33.5 Å². The Morgan fingerprint density at radius 3 is 2.66 bits per heavy atom. The van der Waals surface area contributed by atoms with E-state index in [1.165, 1.54) is 11.3 Å². The van der Waals surface area contributed by atoms with E-state index in [0.29, 0.717) is 28.0 Å². The van der Waals surface area contributed by atoms with Crippen molar-refractivity contribution in [3.63, 3.8) is 0 Å². The average Bonchev–Trinajstić information content (AvgIpc) is 3.55. The van der Waals surface area contributed by atoms with Gasteiger partial charge in [-0.1, -0.05) is 47.2 Å². The van der Waals surface area contributed by atoms with Gasteiger partial charge in [-0.15, -0.1) is 0 Å². The van der Waals surface area contributed by atoms with Gasteiger partial charge in [-0.25, -0.2) is 4.98 Å². The Morgan fingerprint density at radius 1 is 1.11 bits per heavy atom. The molecule has 5 rings (SSSR count). The van der Waals surface area contributed by atoms with Crippen molar-refractivity contribution in [1.82, 2.24) is 4.98 Å². The number of carbonyl (C=O) groups excluding carboxylic acids is 2. The third-order valence-corrected chi connectivity index (χ3v) is 7.34. The van der Waals surface area contributed by atoms with Gasteiger partial charge in [0.05, 0.1) is 27.5 Å². The number of halogens is 1. The van der Waals surface area contributed by atoms with E-state index in [-0.39, 0.29) is 23.7 Å². The molecule has 1 unspecified atom stereocenters. The molecule has 35 heavy (non-hydrogen) atoms. The van der Waals surface area contributed by atoms with E-state index in [9.17, 15) is 9.59 Å². The maximum Gasteiger partial charge on any atom is 0.255 e. The first-order valence-corrected chi connectivity index (χ1v) is 12.6. The summed E-state index contributed by atoms with van der Waals surface area (Å²) in [5, 5.41) is 6.86. The summed E-state index contributed by atoms with van der Waals surface area (Å²) in [5.41, 5.74) is 3.86. The normalized spacial score (nSPS) is 16.7. The van der Waals surface area contributed by atoms with Crippen molar-refractivity contribution in [2.75, 3.05) is 17.2 Å². The number of para-hydroxylation sites is 1. The molecular formula is C27H24ClN3O3S. The number of hydrogen-bond acceptors (Lipinski definition) is 5. The molecule has 0 bridgehead atoms. The number of aryl methyl sites for hydroxylation is 1. The van der Waals surface area contributed by atoms with E-state index in [4.69, 9.17) is 16.3 Å². The summed E-state index contributed by atoms with van der Waals surface area (Å²) in [6.45, 7) is 4.47. The molecular weight excluding hydrogens is 482 g/mol. The fraction of sp³-hybridized carbons (Fsp3) is 0.222. The molecule has 1 aliphatic rings. The van der Waals surface area contributed by atoms with Crippen molar-refractivity contribution in [2.24, 2.45) is 5.92 Å². The quantitative estimate of drug-likeness (QED) is 0.294. The minimum Gasteiger partial charge on any atom is -0.494 e. The van der Waals surface area contributed by atoms with E-state index >= 15 is 0 Å². The van der Waals surface area contributed by atoms with Crippen molar-refractivity contribution < 1.29 is 14.3 Å². The number of carbonyl (C=O) groups is 2. The summed E-state index contributed by atoms with van der Waals surface area (Å²) in [5.74, 6) is 0.694. The van der Waals surface area contributed by atoms with Gasteiger partial charge in [-0.2, -0.15) is 0 Å². The van der Waals surface area contributed by atoms with Gasteiger partial charge in [0, 0.05) is 11.5 Å². The van der Waals surface area contributed by atoms with Gasteiger partial charge in [0.15, 0.2) is 5.13 Å². The Morgan fingerprint density at radius 2 is 1.91 bits per heavy atom. The van der Waals surface area contributed by atoms with Crippen LogP contribution in [0.25, 0.3) is 10.2 Å². The van der Waals surface area contributed by atoms with Crippen molar-refractivity contribution in [1.29, 1.82) is 0 Å². The number of rotatable bonds is 7. The molecule has 2 amide bonds. The lowest BCUT2D eigenvalue weighted by Gasteiger charge is -2.10. The molecule has 178 valence electrons. The van der Waals surface area contributed by atoms with E-state index in [2.05, 4.69) is 15.6 Å². The molecule has 3 aromatic carbocycles. The molecule has 0 radical (unpaired) electrons. The van der Waals surface area contributed by atoms with Gasteiger partial charge >= 0.3 is 0 Å². The van der Waals surface area contributed by atoms with Crippen LogP contribution in [0.4, 0.5) is 10.8 Å². The van der Waals surface area contributed by atoms with Crippen molar-refractivity contribution in [3.8, 4) is 5.75 Å². The number of fused-ring (bicyclic) bond motifs is 1. The van der Waals surface area contributed by atoms with Gasteiger partial charge in [0.1, 0.15) is 5.75 Å². The summed E-state index contributed by atoms with van der Waals surface area (Å²) < 4.78 is 6.31. The van der Waals surface area contributed by atoms with Crippen molar-refractivity contribution in [3.05, 3.63) is 82.4 Å². The number of nitrogens with one attached hydrogen (secondary N) is 2. The number of anilines is 2. The molecule has 2 N–H and O–H groups in total. The molecule has 1 heterocycles. The SMILES string of the molecule is CCOc1ccc([C@@H]2CC2C(=O)Nc2nc3ccc(C(=O)Nc4c(C)cccc4Cl)cc3s2)cc1. The molecule has 6 nitrogen and oxygen atoms in total. The first kappa shape index (κ1) is 23.3. The standard InChI is InChI=1S/C27H24ClN3O3S/c1-3-34-18-10-7-16(8-11-18)19-14-20(19)26(33)31-27-29-22-12-9-17(13-23(22)35-27)25(32)30-24-15(2)5-4-6-21(24)28/h4-13,19-20H,3,14H2,1-2H3,(H,30,32)(H,29,31,33)/t19-,20?/m0/s1. The van der Waals surface area contributed by atoms with Crippen LogP contribution in [0.3, 0.4) is 0 Å². The van der Waals surface area contributed by atoms with Crippen LogP contribution in [0.15, 0.2) is 60.7 Å².